The standard InChI is InChI=1S/C3H8.2C2H6.11CH4.2CH3.2H2N.Pt/c1-3-2;2*1-2;;;;;;;;;;;;;;;;/h3H2,1-2H3;2*1-2H3;11*1H4;2*1H3;2*1H2;/q;;;;;;;;;;;;;;4*-1;+4. The maximum Gasteiger partial charge on any atom is 4.00 e. The normalized spacial score (nSPS) is 1.30. The topological polar surface area (TPSA) is 67.0 Å². The van der Waals surface area contributed by atoms with Crippen molar-refractivity contribution in [3.8, 4) is 0 Å². The molecule has 0 saturated heterocycles. The Morgan fingerprint density at radius 2 is 0.391 bits per heavy atom. The van der Waals surface area contributed by atoms with Gasteiger partial charge in [-0.25, -0.2) is 0 Å². The van der Waals surface area contributed by atoms with Gasteiger partial charge in [-0.1, -0.05) is 130 Å². The van der Waals surface area contributed by atoms with Crippen LogP contribution in [0.1, 0.15) is 130 Å². The summed E-state index contributed by atoms with van der Waals surface area (Å²) in [6.45, 7) is 12.2. The van der Waals surface area contributed by atoms with Gasteiger partial charge in [0.1, 0.15) is 0 Å². The Labute approximate surface area is 177 Å². The SMILES string of the molecule is C.C.C.C.C.C.C.C.C.C.C.CC.CC.CCC.[CH3-].[CH3-].[NH2-].[NH2-].[Pt+4]. The Morgan fingerprint density at radius 1 is 0.391 bits per heavy atom. The van der Waals surface area contributed by atoms with E-state index < -0.39 is 0 Å². The summed E-state index contributed by atoms with van der Waals surface area (Å²) < 4.78 is 0. The molecule has 0 bridgehead atoms. The molecule has 0 aliphatic carbocycles. The van der Waals surface area contributed by atoms with Gasteiger partial charge in [0.05, 0.1) is 0 Å². The van der Waals surface area contributed by atoms with Crippen LogP contribution in [0.5, 0.6) is 0 Å². The molecule has 23 heavy (non-hydrogen) atoms. The van der Waals surface area contributed by atoms with E-state index in [4.69, 9.17) is 0 Å². The summed E-state index contributed by atoms with van der Waals surface area (Å²) in [4.78, 5) is 0. The fourth-order valence-electron chi connectivity index (χ4n) is 0. The second kappa shape index (κ2) is 4080. The Bertz CT molecular complexity index is 15.6. The van der Waals surface area contributed by atoms with Gasteiger partial charge in [-0.2, -0.15) is 0 Å². The van der Waals surface area contributed by atoms with Gasteiger partial charge in [0.25, 0.3) is 0 Å². The molecule has 0 aliphatic rings. The first-order chi connectivity index (χ1) is 3.41. The fraction of sp³-hybridized carbons (Fsp3) is 0.900. The van der Waals surface area contributed by atoms with Crippen LogP contribution in [0.3, 0.4) is 0 Å². The van der Waals surface area contributed by atoms with Crippen molar-refractivity contribution in [2.75, 3.05) is 0 Å². The van der Waals surface area contributed by atoms with E-state index in [0.717, 1.165) is 0 Å². The number of hydrogen-bond donors (Lipinski definition) is 0. The zero-order chi connectivity index (χ0) is 6.71. The van der Waals surface area contributed by atoms with Crippen molar-refractivity contribution in [3.05, 3.63) is 27.2 Å². The van der Waals surface area contributed by atoms with Crippen molar-refractivity contribution >= 4 is 0 Å². The zero-order valence-electron chi connectivity index (χ0n) is 10.2. The minimum atomic E-state index is 0. The van der Waals surface area contributed by atoms with Gasteiger partial charge in [0, 0.05) is 0 Å². The van der Waals surface area contributed by atoms with Crippen LogP contribution < -0.4 is 0 Å². The van der Waals surface area contributed by atoms with E-state index >= 15 is 0 Å². The van der Waals surface area contributed by atoms with E-state index in [2.05, 4.69) is 13.8 Å². The van der Waals surface area contributed by atoms with Crippen molar-refractivity contribution < 1.29 is 21.1 Å². The zero-order valence-corrected chi connectivity index (χ0v) is 12.5. The number of rotatable bonds is 0. The molecule has 0 unspecified atom stereocenters. The van der Waals surface area contributed by atoms with Crippen LogP contribution in [0, 0.1) is 14.9 Å². The summed E-state index contributed by atoms with van der Waals surface area (Å²) in [5, 5.41) is 0. The molecule has 0 spiro atoms. The molecule has 0 atom stereocenters. The Balaban J connectivity index is -0.000000000459. The molecule has 0 radical (unpaired) electrons. The Hall–Kier alpha value is 0.608. The molecule has 0 rings (SSSR count). The second-order valence-corrected chi connectivity index (χ2v) is 0.707. The minimum absolute atomic E-state index is 0. The first kappa shape index (κ1) is 568. The molecular formula is C20H74N2Pt. The van der Waals surface area contributed by atoms with Crippen LogP contribution in [0.15, 0.2) is 0 Å². The molecule has 174 valence electrons. The third-order valence-corrected chi connectivity index (χ3v) is 0. The van der Waals surface area contributed by atoms with E-state index in [1.165, 1.54) is 6.42 Å². The molecule has 0 aromatic rings. The summed E-state index contributed by atoms with van der Waals surface area (Å²) in [6.07, 6.45) is 1.25. The van der Waals surface area contributed by atoms with Crippen LogP contribution in [0.2, 0.25) is 0 Å². The fourth-order valence-corrected chi connectivity index (χ4v) is 0. The van der Waals surface area contributed by atoms with E-state index in [0.29, 0.717) is 0 Å². The monoisotopic (exact) mass is 538 g/mol. The first-order valence-electron chi connectivity index (χ1n) is 3.41. The third kappa shape index (κ3) is 25900. The molecule has 4 N–H and O–H groups in total. The molecule has 0 amide bonds. The van der Waals surface area contributed by atoms with Gasteiger partial charge in [0.2, 0.25) is 0 Å². The number of hydrogen-bond acceptors (Lipinski definition) is 0. The molecule has 0 aromatic heterocycles. The summed E-state index contributed by atoms with van der Waals surface area (Å²) >= 11 is 0. The van der Waals surface area contributed by atoms with Crippen molar-refractivity contribution in [3.63, 3.8) is 0 Å². The smallest absolute Gasteiger partial charge is 0.693 e. The molecule has 0 aliphatic heterocycles. The van der Waals surface area contributed by atoms with Crippen LogP contribution >= 0.6 is 0 Å². The van der Waals surface area contributed by atoms with Crippen molar-refractivity contribution in [1.82, 2.24) is 0 Å². The van der Waals surface area contributed by atoms with Crippen LogP contribution in [0.25, 0.3) is 12.3 Å². The molecule has 0 fully saturated rings. The summed E-state index contributed by atoms with van der Waals surface area (Å²) in [7, 11) is 0. The maximum atomic E-state index is 2.12. The van der Waals surface area contributed by atoms with Crippen LogP contribution in [-0.2, 0) is 21.1 Å². The quantitative estimate of drug-likeness (QED) is 0.276. The van der Waals surface area contributed by atoms with Crippen LogP contribution in [-0.4, -0.2) is 0 Å². The van der Waals surface area contributed by atoms with Crippen LogP contribution in [0.4, 0.5) is 0 Å². The van der Waals surface area contributed by atoms with Crippen molar-refractivity contribution in [1.29, 1.82) is 0 Å². The molecular weight excluding hydrogens is 463 g/mol. The Morgan fingerprint density at radius 3 is 0.391 bits per heavy atom. The molecule has 0 heterocycles. The third-order valence-electron chi connectivity index (χ3n) is 0. The predicted molar refractivity (Wildman–Crippen MR) is 136 cm³/mol. The Kier molecular flexibility index (Phi) is 101000. The van der Waals surface area contributed by atoms with Gasteiger partial charge in [-0.05, 0) is 0 Å². The van der Waals surface area contributed by atoms with E-state index in [1.54, 1.807) is 0 Å². The maximum absolute atomic E-state index is 2.12. The van der Waals surface area contributed by atoms with E-state index in [1.807, 2.05) is 27.7 Å². The summed E-state index contributed by atoms with van der Waals surface area (Å²) in [6, 6.07) is 0. The summed E-state index contributed by atoms with van der Waals surface area (Å²) in [5.74, 6) is 0. The summed E-state index contributed by atoms with van der Waals surface area (Å²) in [5.41, 5.74) is 0. The minimum Gasteiger partial charge on any atom is -0.693 e. The van der Waals surface area contributed by atoms with Gasteiger partial charge in [-0.15, -0.1) is 0 Å². The van der Waals surface area contributed by atoms with E-state index in [9.17, 15) is 0 Å². The van der Waals surface area contributed by atoms with Gasteiger partial charge >= 0.3 is 21.1 Å². The van der Waals surface area contributed by atoms with Crippen molar-refractivity contribution in [2.24, 2.45) is 0 Å². The molecule has 2 nitrogen and oxygen atoms in total. The predicted octanol–water partition coefficient (Wildman–Crippen LogP) is 12.8. The molecule has 0 aromatic carbocycles. The first-order valence-corrected chi connectivity index (χ1v) is 3.41. The molecule has 0 saturated carbocycles. The van der Waals surface area contributed by atoms with Gasteiger partial charge < -0.3 is 27.2 Å². The van der Waals surface area contributed by atoms with Crippen molar-refractivity contribution in [2.45, 2.75) is 130 Å². The van der Waals surface area contributed by atoms with Gasteiger partial charge in [-0.3, -0.25) is 0 Å². The van der Waals surface area contributed by atoms with Gasteiger partial charge in [0.15, 0.2) is 0 Å². The largest absolute Gasteiger partial charge is 4.00 e. The second-order valence-electron chi connectivity index (χ2n) is 0.707. The average Bonchev–Trinajstić information content (AvgIpc) is 1.78. The van der Waals surface area contributed by atoms with E-state index in [-0.39, 0.29) is 130 Å². The molecule has 3 heteroatoms. The number of nitrogens with two attached hydrogens (primary N) is 2. The average molecular weight is 538 g/mol.